The number of nitrogens with zero attached hydrogens (tertiary/aromatic N) is 2. The summed E-state index contributed by atoms with van der Waals surface area (Å²) in [5.74, 6) is 1.18. The molecule has 31 heavy (non-hydrogen) atoms. The highest BCUT2D eigenvalue weighted by molar-refractivity contribution is 7.89. The molecule has 1 unspecified atom stereocenters. The highest BCUT2D eigenvalue weighted by Crippen LogP contribution is 2.17. The van der Waals surface area contributed by atoms with E-state index in [0.717, 1.165) is 31.0 Å². The Labute approximate surface area is 185 Å². The van der Waals surface area contributed by atoms with E-state index in [-0.39, 0.29) is 5.75 Å². The fraction of sp³-hybridized carbons (Fsp3) is 0.435. The zero-order valence-electron chi connectivity index (χ0n) is 18.0. The van der Waals surface area contributed by atoms with Crippen LogP contribution < -0.4 is 10.0 Å². The molecular weight excluding hydrogens is 412 g/mol. The first-order chi connectivity index (χ1) is 15.1. The van der Waals surface area contributed by atoms with Crippen LogP contribution in [0.15, 0.2) is 65.7 Å². The summed E-state index contributed by atoms with van der Waals surface area (Å²) in [5, 5.41) is 3.18. The molecule has 2 aromatic carbocycles. The minimum atomic E-state index is -3.36. The maximum atomic E-state index is 12.3. The van der Waals surface area contributed by atoms with Crippen molar-refractivity contribution in [2.24, 2.45) is 10.9 Å². The van der Waals surface area contributed by atoms with E-state index in [1.807, 2.05) is 48.5 Å². The summed E-state index contributed by atoms with van der Waals surface area (Å²) >= 11 is 0. The first-order valence-electron chi connectivity index (χ1n) is 10.6. The molecule has 1 aliphatic heterocycles. The van der Waals surface area contributed by atoms with E-state index in [9.17, 15) is 8.42 Å². The minimum Gasteiger partial charge on any atom is -0.376 e. The number of hydrogen-bond acceptors (Lipinski definition) is 4. The van der Waals surface area contributed by atoms with E-state index in [0.29, 0.717) is 32.2 Å². The Hall–Kier alpha value is -2.42. The zero-order chi connectivity index (χ0) is 21.9. The van der Waals surface area contributed by atoms with Crippen molar-refractivity contribution in [1.29, 1.82) is 0 Å². The lowest BCUT2D eigenvalue weighted by atomic mass is 10.1. The second kappa shape index (κ2) is 11.8. The fourth-order valence-corrected chi connectivity index (χ4v) is 4.47. The molecular formula is C23H32N4O3S. The van der Waals surface area contributed by atoms with Crippen LogP contribution in [0.5, 0.6) is 0 Å². The molecule has 0 aliphatic carbocycles. The van der Waals surface area contributed by atoms with E-state index >= 15 is 0 Å². The Morgan fingerprint density at radius 2 is 1.77 bits per heavy atom. The third-order valence-electron chi connectivity index (χ3n) is 5.26. The zero-order valence-corrected chi connectivity index (χ0v) is 18.9. The summed E-state index contributed by atoms with van der Waals surface area (Å²) in [6.07, 6.45) is 1.03. The standard InChI is InChI=1S/C23H32N4O3S/c1-24-23(25-13-15-31(28,29)26-16-20-8-4-2-5-9-20)27-14-12-22(17-27)19-30-18-21-10-6-3-7-11-21/h2-11,22,26H,12-19H2,1H3,(H,24,25). The van der Waals surface area contributed by atoms with E-state index in [1.165, 1.54) is 5.56 Å². The van der Waals surface area contributed by atoms with Crippen molar-refractivity contribution in [3.05, 3.63) is 71.8 Å². The molecule has 2 N–H and O–H groups in total. The summed E-state index contributed by atoms with van der Waals surface area (Å²) in [4.78, 5) is 6.49. The van der Waals surface area contributed by atoms with Crippen molar-refractivity contribution in [2.45, 2.75) is 19.6 Å². The molecule has 1 aliphatic rings. The van der Waals surface area contributed by atoms with Crippen LogP contribution >= 0.6 is 0 Å². The molecule has 1 heterocycles. The third-order valence-corrected chi connectivity index (χ3v) is 6.58. The predicted octanol–water partition coefficient (Wildman–Crippen LogP) is 2.22. The van der Waals surface area contributed by atoms with Crippen LogP contribution in [0.3, 0.4) is 0 Å². The Bertz CT molecular complexity index is 920. The minimum absolute atomic E-state index is 0.00366. The lowest BCUT2D eigenvalue weighted by Crippen LogP contribution is -2.43. The van der Waals surface area contributed by atoms with Crippen molar-refractivity contribution in [3.63, 3.8) is 0 Å². The quantitative estimate of drug-likeness (QED) is 0.434. The molecule has 7 nitrogen and oxygen atoms in total. The van der Waals surface area contributed by atoms with E-state index in [1.54, 1.807) is 7.05 Å². The van der Waals surface area contributed by atoms with Crippen LogP contribution in [0.25, 0.3) is 0 Å². The Morgan fingerprint density at radius 1 is 1.10 bits per heavy atom. The van der Waals surface area contributed by atoms with Crippen LogP contribution in [0.2, 0.25) is 0 Å². The summed E-state index contributed by atoms with van der Waals surface area (Å²) in [7, 11) is -1.64. The molecule has 3 rings (SSSR count). The van der Waals surface area contributed by atoms with E-state index in [4.69, 9.17) is 4.74 Å². The fourth-order valence-electron chi connectivity index (χ4n) is 3.57. The summed E-state index contributed by atoms with van der Waals surface area (Å²) in [6, 6.07) is 19.7. The van der Waals surface area contributed by atoms with Gasteiger partial charge in [-0.05, 0) is 17.5 Å². The van der Waals surface area contributed by atoms with Gasteiger partial charge in [0.2, 0.25) is 10.0 Å². The topological polar surface area (TPSA) is 83.0 Å². The van der Waals surface area contributed by atoms with Crippen LogP contribution in [-0.4, -0.2) is 58.3 Å². The summed E-state index contributed by atoms with van der Waals surface area (Å²) < 4.78 is 33.0. The molecule has 0 saturated carbocycles. The number of hydrogen-bond donors (Lipinski definition) is 2. The molecule has 0 amide bonds. The van der Waals surface area contributed by atoms with Crippen molar-refractivity contribution >= 4 is 16.0 Å². The third kappa shape index (κ3) is 7.97. The van der Waals surface area contributed by atoms with Gasteiger partial charge in [0.15, 0.2) is 5.96 Å². The van der Waals surface area contributed by atoms with Crippen molar-refractivity contribution in [3.8, 4) is 0 Å². The number of benzene rings is 2. The molecule has 8 heteroatoms. The number of nitrogens with one attached hydrogen (secondary N) is 2. The molecule has 0 aromatic heterocycles. The van der Waals surface area contributed by atoms with Gasteiger partial charge in [0, 0.05) is 39.1 Å². The number of rotatable bonds is 10. The van der Waals surface area contributed by atoms with Gasteiger partial charge in [-0.3, -0.25) is 4.99 Å². The Balaban J connectivity index is 1.36. The monoisotopic (exact) mass is 444 g/mol. The normalized spacial score (nSPS) is 17.1. The van der Waals surface area contributed by atoms with Gasteiger partial charge in [-0.2, -0.15) is 0 Å². The highest BCUT2D eigenvalue weighted by atomic mass is 32.2. The molecule has 1 fully saturated rings. The van der Waals surface area contributed by atoms with E-state index < -0.39 is 10.0 Å². The van der Waals surface area contributed by atoms with Crippen LogP contribution in [0, 0.1) is 5.92 Å². The van der Waals surface area contributed by atoms with Crippen LogP contribution in [0.4, 0.5) is 0 Å². The van der Waals surface area contributed by atoms with Gasteiger partial charge in [0.05, 0.1) is 19.0 Å². The first-order valence-corrected chi connectivity index (χ1v) is 12.3. The van der Waals surface area contributed by atoms with Gasteiger partial charge in [-0.15, -0.1) is 0 Å². The van der Waals surface area contributed by atoms with Gasteiger partial charge in [0.25, 0.3) is 0 Å². The number of guanidine groups is 1. The Morgan fingerprint density at radius 3 is 2.45 bits per heavy atom. The Kier molecular flexibility index (Phi) is 8.87. The maximum absolute atomic E-state index is 12.3. The average Bonchev–Trinajstić information content (AvgIpc) is 3.25. The second-order valence-electron chi connectivity index (χ2n) is 7.70. The molecule has 0 radical (unpaired) electrons. The lowest BCUT2D eigenvalue weighted by Gasteiger charge is -2.21. The molecule has 2 aromatic rings. The van der Waals surface area contributed by atoms with Gasteiger partial charge < -0.3 is 15.0 Å². The highest BCUT2D eigenvalue weighted by Gasteiger charge is 2.25. The molecule has 168 valence electrons. The van der Waals surface area contributed by atoms with Crippen LogP contribution in [-0.2, 0) is 27.9 Å². The van der Waals surface area contributed by atoms with Gasteiger partial charge >= 0.3 is 0 Å². The largest absolute Gasteiger partial charge is 0.376 e. The molecule has 1 atom stereocenters. The molecule has 0 bridgehead atoms. The van der Waals surface area contributed by atoms with Crippen molar-refractivity contribution in [1.82, 2.24) is 14.9 Å². The molecule has 0 spiro atoms. The van der Waals surface area contributed by atoms with Gasteiger partial charge in [-0.25, -0.2) is 13.1 Å². The lowest BCUT2D eigenvalue weighted by molar-refractivity contribution is 0.0907. The van der Waals surface area contributed by atoms with Gasteiger partial charge in [-0.1, -0.05) is 60.7 Å². The smallest absolute Gasteiger partial charge is 0.213 e. The summed E-state index contributed by atoms with van der Waals surface area (Å²) in [5.41, 5.74) is 2.12. The molecule has 1 saturated heterocycles. The SMILES string of the molecule is CN=C(NCCS(=O)(=O)NCc1ccccc1)N1CCC(COCc2ccccc2)C1. The van der Waals surface area contributed by atoms with Crippen LogP contribution in [0.1, 0.15) is 17.5 Å². The van der Waals surface area contributed by atoms with Gasteiger partial charge in [0.1, 0.15) is 0 Å². The number of aliphatic imine (C=N–C) groups is 1. The van der Waals surface area contributed by atoms with E-state index in [2.05, 4.69) is 32.1 Å². The summed E-state index contributed by atoms with van der Waals surface area (Å²) in [6.45, 7) is 3.68. The average molecular weight is 445 g/mol. The van der Waals surface area contributed by atoms with Crippen molar-refractivity contribution < 1.29 is 13.2 Å². The number of likely N-dealkylation sites (tertiary alicyclic amines) is 1. The first kappa shape index (κ1) is 23.2. The predicted molar refractivity (Wildman–Crippen MR) is 124 cm³/mol. The van der Waals surface area contributed by atoms with Crippen molar-refractivity contribution in [2.75, 3.05) is 39.0 Å². The number of ether oxygens (including phenoxy) is 1. The second-order valence-corrected chi connectivity index (χ2v) is 9.63. The number of sulfonamides is 1. The maximum Gasteiger partial charge on any atom is 0.213 e.